The van der Waals surface area contributed by atoms with Gasteiger partial charge >= 0.3 is 0 Å². The molecule has 2 heterocycles. The van der Waals surface area contributed by atoms with Gasteiger partial charge in [-0.05, 0) is 30.7 Å². The van der Waals surface area contributed by atoms with E-state index in [9.17, 15) is 5.11 Å². The molecule has 0 bridgehead atoms. The normalized spacial score (nSPS) is 16.0. The van der Waals surface area contributed by atoms with Crippen LogP contribution in [0.15, 0.2) is 41.7 Å². The van der Waals surface area contributed by atoms with E-state index in [0.29, 0.717) is 12.1 Å². The number of rotatable bonds is 4. The van der Waals surface area contributed by atoms with Gasteiger partial charge in [-0.3, -0.25) is 4.90 Å². The van der Waals surface area contributed by atoms with Crippen LogP contribution in [0.3, 0.4) is 0 Å². The molecule has 1 fully saturated rings. The Bertz CT molecular complexity index is 710. The lowest BCUT2D eigenvalue weighted by Crippen LogP contribution is -2.46. The molecule has 126 valence electrons. The first kappa shape index (κ1) is 16.3. The summed E-state index contributed by atoms with van der Waals surface area (Å²) in [5, 5.41) is 22.1. The van der Waals surface area contributed by atoms with E-state index in [2.05, 4.69) is 19.9 Å². The zero-order chi connectivity index (χ0) is 16.9. The summed E-state index contributed by atoms with van der Waals surface area (Å²) in [7, 11) is 0. The van der Waals surface area contributed by atoms with Gasteiger partial charge in [0.25, 0.3) is 0 Å². The lowest BCUT2D eigenvalue weighted by Gasteiger charge is -2.35. The molecule has 6 heteroatoms. The van der Waals surface area contributed by atoms with E-state index < -0.39 is 0 Å². The summed E-state index contributed by atoms with van der Waals surface area (Å²) < 4.78 is 0. The lowest BCUT2D eigenvalue weighted by atomic mass is 10.0. The van der Waals surface area contributed by atoms with Gasteiger partial charge in [0.05, 0.1) is 6.21 Å². The van der Waals surface area contributed by atoms with E-state index in [-0.39, 0.29) is 5.75 Å². The summed E-state index contributed by atoms with van der Waals surface area (Å²) in [6, 6.07) is 9.74. The van der Waals surface area contributed by atoms with Crippen LogP contribution in [0.4, 0.5) is 5.82 Å². The fraction of sp³-hybridized carbons (Fsp3) is 0.333. The van der Waals surface area contributed by atoms with Crippen LogP contribution >= 0.6 is 0 Å². The number of anilines is 1. The monoisotopic (exact) mass is 326 g/mol. The fourth-order valence-electron chi connectivity index (χ4n) is 3.08. The van der Waals surface area contributed by atoms with Crippen LogP contribution < -0.4 is 4.90 Å². The highest BCUT2D eigenvalue weighted by Gasteiger charge is 2.19. The second-order valence-corrected chi connectivity index (χ2v) is 6.06. The highest BCUT2D eigenvalue weighted by Crippen LogP contribution is 2.25. The first-order valence-corrected chi connectivity index (χ1v) is 8.05. The molecule has 1 aliphatic rings. The van der Waals surface area contributed by atoms with Gasteiger partial charge in [0.2, 0.25) is 0 Å². The van der Waals surface area contributed by atoms with E-state index in [1.807, 2.05) is 37.4 Å². The summed E-state index contributed by atoms with van der Waals surface area (Å²) in [6.07, 6.45) is 3.08. The number of phenolic OH excluding ortho intramolecular Hbond substituents is 1. The molecule has 6 nitrogen and oxygen atoms in total. The molecule has 0 amide bonds. The number of pyridine rings is 1. The Morgan fingerprint density at radius 2 is 2.00 bits per heavy atom. The van der Waals surface area contributed by atoms with Crippen molar-refractivity contribution in [3.63, 3.8) is 0 Å². The predicted octanol–water partition coefficient (Wildman–Crippen LogP) is 2.23. The molecule has 2 N–H and O–H groups in total. The Labute approximate surface area is 141 Å². The van der Waals surface area contributed by atoms with Crippen molar-refractivity contribution >= 4 is 12.0 Å². The molecular weight excluding hydrogens is 304 g/mol. The van der Waals surface area contributed by atoms with Gasteiger partial charge in [-0.15, -0.1) is 0 Å². The molecule has 0 unspecified atom stereocenters. The first-order chi connectivity index (χ1) is 11.7. The standard InChI is InChI=1S/C18H22N4O2/c1-14-10-15(12-20-24)18(23)16(11-14)13-21-6-8-22(9-7-21)17-4-2-3-5-19-17/h2-5,10-12,23-24H,6-9,13H2,1H3/b20-12+. The number of nitrogens with zero attached hydrogens (tertiary/aromatic N) is 4. The van der Waals surface area contributed by atoms with Crippen LogP contribution in [0, 0.1) is 6.92 Å². The molecule has 1 aromatic carbocycles. The second-order valence-electron chi connectivity index (χ2n) is 6.06. The SMILES string of the molecule is Cc1cc(/C=N/O)c(O)c(CN2CCN(c3ccccn3)CC2)c1. The Hall–Kier alpha value is -2.60. The summed E-state index contributed by atoms with van der Waals surface area (Å²) in [5.41, 5.74) is 2.43. The molecule has 0 spiro atoms. The molecular formula is C18H22N4O2. The zero-order valence-electron chi connectivity index (χ0n) is 13.8. The van der Waals surface area contributed by atoms with Crippen LogP contribution in [0.2, 0.25) is 0 Å². The molecule has 0 radical (unpaired) electrons. The van der Waals surface area contributed by atoms with Crippen LogP contribution in [-0.4, -0.2) is 52.6 Å². The maximum absolute atomic E-state index is 10.4. The number of oxime groups is 1. The highest BCUT2D eigenvalue weighted by molar-refractivity contribution is 5.84. The van der Waals surface area contributed by atoms with Gasteiger partial charge in [0, 0.05) is 50.0 Å². The Balaban J connectivity index is 1.66. The van der Waals surface area contributed by atoms with Crippen molar-refractivity contribution in [3.05, 3.63) is 53.2 Å². The minimum absolute atomic E-state index is 0.186. The van der Waals surface area contributed by atoms with Crippen LogP contribution in [-0.2, 0) is 6.54 Å². The van der Waals surface area contributed by atoms with Crippen molar-refractivity contribution in [1.82, 2.24) is 9.88 Å². The minimum Gasteiger partial charge on any atom is -0.507 e. The van der Waals surface area contributed by atoms with E-state index in [1.54, 1.807) is 6.07 Å². The highest BCUT2D eigenvalue weighted by atomic mass is 16.4. The van der Waals surface area contributed by atoms with Crippen molar-refractivity contribution in [3.8, 4) is 5.75 Å². The minimum atomic E-state index is 0.186. The third-order valence-corrected chi connectivity index (χ3v) is 4.30. The maximum atomic E-state index is 10.4. The number of benzene rings is 1. The maximum Gasteiger partial charge on any atom is 0.128 e. The van der Waals surface area contributed by atoms with E-state index in [1.165, 1.54) is 6.21 Å². The van der Waals surface area contributed by atoms with Gasteiger partial charge in [-0.25, -0.2) is 4.98 Å². The third kappa shape index (κ3) is 3.65. The van der Waals surface area contributed by atoms with Gasteiger partial charge in [-0.1, -0.05) is 17.3 Å². The second kappa shape index (κ2) is 7.31. The molecule has 1 saturated heterocycles. The summed E-state index contributed by atoms with van der Waals surface area (Å²) in [6.45, 7) is 6.29. The predicted molar refractivity (Wildman–Crippen MR) is 94.0 cm³/mol. The van der Waals surface area contributed by atoms with E-state index in [0.717, 1.165) is 43.1 Å². The Morgan fingerprint density at radius 1 is 1.21 bits per heavy atom. The molecule has 0 atom stereocenters. The first-order valence-electron chi connectivity index (χ1n) is 8.05. The van der Waals surface area contributed by atoms with Crippen molar-refractivity contribution in [2.75, 3.05) is 31.1 Å². The van der Waals surface area contributed by atoms with Gasteiger partial charge < -0.3 is 15.2 Å². The van der Waals surface area contributed by atoms with Gasteiger partial charge in [0.15, 0.2) is 0 Å². The van der Waals surface area contributed by atoms with Crippen LogP contribution in [0.1, 0.15) is 16.7 Å². The molecule has 2 aromatic rings. The average molecular weight is 326 g/mol. The zero-order valence-corrected chi connectivity index (χ0v) is 13.8. The number of hydrogen-bond acceptors (Lipinski definition) is 6. The molecule has 24 heavy (non-hydrogen) atoms. The average Bonchev–Trinajstić information content (AvgIpc) is 2.60. The van der Waals surface area contributed by atoms with Gasteiger partial charge in [-0.2, -0.15) is 0 Å². The third-order valence-electron chi connectivity index (χ3n) is 4.30. The number of hydrogen-bond donors (Lipinski definition) is 2. The molecule has 3 rings (SSSR count). The van der Waals surface area contributed by atoms with Crippen molar-refractivity contribution in [2.24, 2.45) is 5.16 Å². The number of aromatic nitrogens is 1. The Morgan fingerprint density at radius 3 is 2.67 bits per heavy atom. The quantitative estimate of drug-likeness (QED) is 0.512. The van der Waals surface area contributed by atoms with Crippen molar-refractivity contribution < 1.29 is 10.3 Å². The lowest BCUT2D eigenvalue weighted by molar-refractivity contribution is 0.246. The molecule has 0 saturated carbocycles. The topological polar surface area (TPSA) is 72.2 Å². The molecule has 1 aliphatic heterocycles. The fourth-order valence-corrected chi connectivity index (χ4v) is 3.08. The number of phenols is 1. The smallest absolute Gasteiger partial charge is 0.128 e. The van der Waals surface area contributed by atoms with Gasteiger partial charge in [0.1, 0.15) is 11.6 Å². The number of aryl methyl sites for hydroxylation is 1. The van der Waals surface area contributed by atoms with Crippen LogP contribution in [0.25, 0.3) is 0 Å². The largest absolute Gasteiger partial charge is 0.507 e. The summed E-state index contributed by atoms with van der Waals surface area (Å²) in [5.74, 6) is 1.20. The van der Waals surface area contributed by atoms with Crippen LogP contribution in [0.5, 0.6) is 5.75 Å². The molecule has 1 aromatic heterocycles. The van der Waals surface area contributed by atoms with E-state index >= 15 is 0 Å². The van der Waals surface area contributed by atoms with Crippen molar-refractivity contribution in [2.45, 2.75) is 13.5 Å². The number of piperazine rings is 1. The Kier molecular flexibility index (Phi) is 4.96. The van der Waals surface area contributed by atoms with E-state index in [4.69, 9.17) is 5.21 Å². The number of aromatic hydroxyl groups is 1. The summed E-state index contributed by atoms with van der Waals surface area (Å²) >= 11 is 0. The summed E-state index contributed by atoms with van der Waals surface area (Å²) in [4.78, 5) is 8.99. The molecule has 0 aliphatic carbocycles. The van der Waals surface area contributed by atoms with Crippen molar-refractivity contribution in [1.29, 1.82) is 0 Å².